The van der Waals surface area contributed by atoms with Crippen LogP contribution in [-0.2, 0) is 9.47 Å². The Morgan fingerprint density at radius 3 is 2.38 bits per heavy atom. The molecule has 2 rings (SSSR count). The van der Waals surface area contributed by atoms with Gasteiger partial charge in [0.05, 0.1) is 25.2 Å². The Hall–Kier alpha value is -2.29. The van der Waals surface area contributed by atoms with E-state index in [0.717, 1.165) is 19.2 Å². The van der Waals surface area contributed by atoms with Crippen molar-refractivity contribution >= 4 is 17.3 Å². The van der Waals surface area contributed by atoms with Crippen molar-refractivity contribution in [3.8, 4) is 0 Å². The summed E-state index contributed by atoms with van der Waals surface area (Å²) in [6.07, 6.45) is -2.90. The van der Waals surface area contributed by atoms with Gasteiger partial charge in [-0.1, -0.05) is 13.8 Å². The number of alkyl halides is 2. The molecule has 1 fully saturated rings. The van der Waals surface area contributed by atoms with E-state index < -0.39 is 28.6 Å². The molecular formula is C15H20F2N2O5. The average Bonchev–Trinajstić information content (AvgIpc) is 2.62. The standard InChI is InChI=1S/C13H14F2N2O5.C2H6/c1-21-13(18)9-7-10(16-2-4-22-5-3-16)8(12(14)15)6-11(9)17(19)20;1-2/h6-7,12H,2-5H2,1H3;1-2H3. The fourth-order valence-corrected chi connectivity index (χ4v) is 2.27. The summed E-state index contributed by atoms with van der Waals surface area (Å²) in [4.78, 5) is 23.5. The van der Waals surface area contributed by atoms with Gasteiger partial charge in [-0.2, -0.15) is 0 Å². The number of methoxy groups -OCH3 is 1. The summed E-state index contributed by atoms with van der Waals surface area (Å²) in [5.41, 5.74) is -1.44. The van der Waals surface area contributed by atoms with Gasteiger partial charge in [-0.15, -0.1) is 0 Å². The second-order valence-electron chi connectivity index (χ2n) is 4.58. The van der Waals surface area contributed by atoms with Crippen molar-refractivity contribution in [2.24, 2.45) is 0 Å². The van der Waals surface area contributed by atoms with Gasteiger partial charge in [-0.25, -0.2) is 13.6 Å². The van der Waals surface area contributed by atoms with Crippen LogP contribution in [0.1, 0.15) is 36.2 Å². The summed E-state index contributed by atoms with van der Waals surface area (Å²) in [5, 5.41) is 11.0. The third-order valence-electron chi connectivity index (χ3n) is 3.33. The number of rotatable bonds is 4. The van der Waals surface area contributed by atoms with Gasteiger partial charge in [0.25, 0.3) is 12.1 Å². The summed E-state index contributed by atoms with van der Waals surface area (Å²) < 4.78 is 36.1. The average molecular weight is 346 g/mol. The molecule has 1 aliphatic rings. The van der Waals surface area contributed by atoms with E-state index in [9.17, 15) is 23.7 Å². The summed E-state index contributed by atoms with van der Waals surface area (Å²) in [5.74, 6) is -0.943. The number of carbonyl (C=O) groups is 1. The number of esters is 1. The Bertz CT molecular complexity index is 589. The number of ether oxygens (including phenoxy) is 2. The zero-order valence-corrected chi connectivity index (χ0v) is 13.8. The molecule has 134 valence electrons. The third kappa shape index (κ3) is 4.38. The Kier molecular flexibility index (Phi) is 7.50. The summed E-state index contributed by atoms with van der Waals surface area (Å²) >= 11 is 0. The number of benzene rings is 1. The molecule has 0 amide bonds. The Balaban J connectivity index is 0.00000139. The minimum Gasteiger partial charge on any atom is -0.465 e. The molecule has 0 saturated carbocycles. The number of nitro benzene ring substituents is 1. The predicted molar refractivity (Wildman–Crippen MR) is 83.8 cm³/mol. The highest BCUT2D eigenvalue weighted by Crippen LogP contribution is 2.36. The summed E-state index contributed by atoms with van der Waals surface area (Å²) in [6.45, 7) is 5.43. The highest BCUT2D eigenvalue weighted by molar-refractivity contribution is 5.95. The SMILES string of the molecule is CC.COC(=O)c1cc(N2CCOCC2)c(C(F)F)cc1[N+](=O)[O-]. The molecule has 1 saturated heterocycles. The van der Waals surface area contributed by atoms with Crippen LogP contribution in [0.3, 0.4) is 0 Å². The molecule has 0 unspecified atom stereocenters. The molecule has 24 heavy (non-hydrogen) atoms. The lowest BCUT2D eigenvalue weighted by molar-refractivity contribution is -0.385. The molecule has 1 heterocycles. The van der Waals surface area contributed by atoms with Crippen LogP contribution >= 0.6 is 0 Å². The van der Waals surface area contributed by atoms with Crippen molar-refractivity contribution in [1.29, 1.82) is 0 Å². The smallest absolute Gasteiger partial charge is 0.344 e. The lowest BCUT2D eigenvalue weighted by Crippen LogP contribution is -2.37. The van der Waals surface area contributed by atoms with Gasteiger partial charge < -0.3 is 14.4 Å². The van der Waals surface area contributed by atoms with Gasteiger partial charge in [0, 0.05) is 30.4 Å². The molecule has 9 heteroatoms. The first-order valence-corrected chi connectivity index (χ1v) is 7.47. The van der Waals surface area contributed by atoms with Crippen LogP contribution in [0.5, 0.6) is 0 Å². The highest BCUT2D eigenvalue weighted by atomic mass is 19.3. The van der Waals surface area contributed by atoms with E-state index in [0.29, 0.717) is 26.3 Å². The third-order valence-corrected chi connectivity index (χ3v) is 3.33. The number of morpholine rings is 1. The van der Waals surface area contributed by atoms with E-state index in [1.54, 1.807) is 4.90 Å². The first kappa shape index (κ1) is 19.8. The van der Waals surface area contributed by atoms with E-state index in [-0.39, 0.29) is 11.3 Å². The van der Waals surface area contributed by atoms with Crippen molar-refractivity contribution in [3.05, 3.63) is 33.4 Å². The number of halogens is 2. The molecule has 0 bridgehead atoms. The van der Waals surface area contributed by atoms with Gasteiger partial charge in [-0.05, 0) is 6.07 Å². The van der Waals surface area contributed by atoms with Gasteiger partial charge >= 0.3 is 5.97 Å². The normalized spacial score (nSPS) is 14.0. The Morgan fingerprint density at radius 1 is 1.33 bits per heavy atom. The molecule has 0 N–H and O–H groups in total. The van der Waals surface area contributed by atoms with Crippen LogP contribution in [0.2, 0.25) is 0 Å². The highest BCUT2D eigenvalue weighted by Gasteiger charge is 2.29. The second-order valence-corrected chi connectivity index (χ2v) is 4.58. The van der Waals surface area contributed by atoms with E-state index in [1.165, 1.54) is 0 Å². The number of anilines is 1. The summed E-state index contributed by atoms with van der Waals surface area (Å²) in [7, 11) is 1.07. The Labute approximate surface area is 138 Å². The summed E-state index contributed by atoms with van der Waals surface area (Å²) in [6, 6.07) is 1.83. The number of nitro groups is 1. The van der Waals surface area contributed by atoms with Crippen LogP contribution in [0.4, 0.5) is 20.2 Å². The number of carbonyl (C=O) groups excluding carboxylic acids is 1. The molecular weight excluding hydrogens is 326 g/mol. The zero-order valence-electron chi connectivity index (χ0n) is 13.8. The van der Waals surface area contributed by atoms with E-state index in [1.807, 2.05) is 13.8 Å². The second kappa shape index (κ2) is 9.11. The van der Waals surface area contributed by atoms with Crippen LogP contribution in [-0.4, -0.2) is 44.3 Å². The van der Waals surface area contributed by atoms with Gasteiger partial charge in [0.15, 0.2) is 0 Å². The minimum atomic E-state index is -2.90. The van der Waals surface area contributed by atoms with Crippen molar-refractivity contribution in [2.75, 3.05) is 38.3 Å². The first-order chi connectivity index (χ1) is 11.5. The molecule has 7 nitrogen and oxygen atoms in total. The topological polar surface area (TPSA) is 81.9 Å². The molecule has 0 radical (unpaired) electrons. The van der Waals surface area contributed by atoms with E-state index in [4.69, 9.17) is 4.74 Å². The predicted octanol–water partition coefficient (Wildman–Crippen LogP) is 3.18. The van der Waals surface area contributed by atoms with Crippen molar-refractivity contribution < 1.29 is 28.0 Å². The van der Waals surface area contributed by atoms with Crippen LogP contribution < -0.4 is 4.90 Å². The monoisotopic (exact) mass is 346 g/mol. The minimum absolute atomic E-state index is 0.0873. The maximum Gasteiger partial charge on any atom is 0.344 e. The maximum absolute atomic E-state index is 13.2. The van der Waals surface area contributed by atoms with Crippen molar-refractivity contribution in [1.82, 2.24) is 0 Å². The van der Waals surface area contributed by atoms with E-state index >= 15 is 0 Å². The van der Waals surface area contributed by atoms with Gasteiger partial charge in [-0.3, -0.25) is 10.1 Å². The first-order valence-electron chi connectivity index (χ1n) is 7.47. The molecule has 1 aliphatic heterocycles. The molecule has 0 atom stereocenters. The lowest BCUT2D eigenvalue weighted by Gasteiger charge is -2.30. The van der Waals surface area contributed by atoms with Crippen LogP contribution in [0.15, 0.2) is 12.1 Å². The molecule has 0 aliphatic carbocycles. The fraction of sp³-hybridized carbons (Fsp3) is 0.533. The quantitative estimate of drug-likeness (QED) is 0.473. The number of hydrogen-bond acceptors (Lipinski definition) is 6. The number of nitrogens with zero attached hydrogens (tertiary/aromatic N) is 2. The van der Waals surface area contributed by atoms with Crippen LogP contribution in [0.25, 0.3) is 0 Å². The maximum atomic E-state index is 13.2. The molecule has 0 spiro atoms. The number of hydrogen-bond donors (Lipinski definition) is 0. The molecule has 0 aromatic heterocycles. The zero-order chi connectivity index (χ0) is 18.3. The Morgan fingerprint density at radius 2 is 1.92 bits per heavy atom. The van der Waals surface area contributed by atoms with E-state index in [2.05, 4.69) is 4.74 Å². The molecule has 1 aromatic carbocycles. The lowest BCUT2D eigenvalue weighted by atomic mass is 10.0. The largest absolute Gasteiger partial charge is 0.465 e. The van der Waals surface area contributed by atoms with Gasteiger partial charge in [0.1, 0.15) is 5.56 Å². The van der Waals surface area contributed by atoms with Crippen LogP contribution in [0, 0.1) is 10.1 Å². The molecule has 1 aromatic rings. The van der Waals surface area contributed by atoms with Crippen molar-refractivity contribution in [2.45, 2.75) is 20.3 Å². The van der Waals surface area contributed by atoms with Gasteiger partial charge in [0.2, 0.25) is 0 Å². The fourth-order valence-electron chi connectivity index (χ4n) is 2.27. The van der Waals surface area contributed by atoms with Crippen molar-refractivity contribution in [3.63, 3.8) is 0 Å².